The molecule has 17 heteroatoms. The molecule has 2 aliphatic carbocycles. The molecule has 0 amide bonds. The summed E-state index contributed by atoms with van der Waals surface area (Å²) in [6.45, 7) is 3.46. The summed E-state index contributed by atoms with van der Waals surface area (Å²) in [6, 6.07) is 39.7. The van der Waals surface area contributed by atoms with Crippen LogP contribution >= 0.6 is 0 Å². The van der Waals surface area contributed by atoms with Crippen molar-refractivity contribution in [2.24, 2.45) is 28.9 Å². The molecule has 7 aromatic rings. The molecule has 16 N–H and O–H groups in total. The number of aliphatic hydroxyl groups is 1. The van der Waals surface area contributed by atoms with Gasteiger partial charge >= 0.3 is 19.1 Å². The zero-order valence-electron chi connectivity index (χ0n) is 42.2. The van der Waals surface area contributed by atoms with Crippen LogP contribution in [0.4, 0.5) is 0 Å². The summed E-state index contributed by atoms with van der Waals surface area (Å²) in [5, 5.41) is 74.7. The number of phenols is 3. The first-order chi connectivity index (χ1) is 35.8. The second-order valence-electron chi connectivity index (χ2n) is 18.4. The van der Waals surface area contributed by atoms with Crippen molar-refractivity contribution in [3.05, 3.63) is 178 Å². The summed E-state index contributed by atoms with van der Waals surface area (Å²) in [7, 11) is -1.58. The molecular weight excluding hydrogens is 955 g/mol. The number of aryl methyl sites for hydroxylation is 2. The molecule has 1 saturated carbocycles. The monoisotopic (exact) mass is 1020 g/mol. The van der Waals surface area contributed by atoms with Crippen LogP contribution in [0.1, 0.15) is 100 Å². The number of carboxylic acids is 2. The Kier molecular flexibility index (Phi) is 24.1. The predicted octanol–water partition coefficient (Wildman–Crippen LogP) is 6.41. The first-order valence-electron chi connectivity index (χ1n) is 24.6. The minimum atomic E-state index is -1.58. The SMILES string of the molecule is C[C@H](N)C1CCCCC1.Cc1ccc(B(O)O)c(C=O)c1.N[C@@H](CO)C(=O)O.N[C@@H](Cc1ccc(O)cc1)C(=O)O.N[C@@H]1CCc2ccccc21.O=C(c1c(O)ccc2ccccc12)c1c(O)ccc2ccccc12. The van der Waals surface area contributed by atoms with E-state index in [-0.39, 0.29) is 40.3 Å². The van der Waals surface area contributed by atoms with E-state index in [1.54, 1.807) is 48.5 Å². The van der Waals surface area contributed by atoms with Crippen LogP contribution in [0.3, 0.4) is 0 Å². The highest BCUT2D eigenvalue weighted by atomic mass is 16.4. The molecule has 0 aliphatic heterocycles. The first-order valence-corrected chi connectivity index (χ1v) is 24.6. The summed E-state index contributed by atoms with van der Waals surface area (Å²) < 4.78 is 0. The lowest BCUT2D eigenvalue weighted by Crippen LogP contribution is -2.33. The van der Waals surface area contributed by atoms with Crippen molar-refractivity contribution in [2.75, 3.05) is 6.61 Å². The predicted molar refractivity (Wildman–Crippen MR) is 293 cm³/mol. The van der Waals surface area contributed by atoms with Crippen molar-refractivity contribution in [3.63, 3.8) is 0 Å². The average Bonchev–Trinajstić information content (AvgIpc) is 3.79. The van der Waals surface area contributed by atoms with Crippen LogP contribution in [-0.2, 0) is 22.4 Å². The fraction of sp³-hybridized carbons (Fsp3) is 0.276. The highest BCUT2D eigenvalue weighted by molar-refractivity contribution is 6.60. The third-order valence-corrected chi connectivity index (χ3v) is 12.7. The Bertz CT molecular complexity index is 2880. The largest absolute Gasteiger partial charge is 0.508 e. The van der Waals surface area contributed by atoms with Crippen LogP contribution in [0.5, 0.6) is 17.2 Å². The third kappa shape index (κ3) is 18.2. The molecule has 0 saturated heterocycles. The number of aromatic hydroxyl groups is 3. The van der Waals surface area contributed by atoms with E-state index >= 15 is 0 Å². The molecule has 9 rings (SSSR count). The number of phenolic OH excluding ortho intramolecular Hbond substituents is 3. The number of carbonyl (C=O) groups is 4. The molecule has 0 spiro atoms. The minimum Gasteiger partial charge on any atom is -0.508 e. The van der Waals surface area contributed by atoms with Gasteiger partial charge in [0.15, 0.2) is 0 Å². The van der Waals surface area contributed by atoms with Gasteiger partial charge in [0.25, 0.3) is 0 Å². The van der Waals surface area contributed by atoms with Gasteiger partial charge in [0.2, 0.25) is 5.78 Å². The zero-order chi connectivity index (χ0) is 55.2. The van der Waals surface area contributed by atoms with Gasteiger partial charge in [-0.05, 0) is 126 Å². The van der Waals surface area contributed by atoms with Gasteiger partial charge in [0, 0.05) is 17.6 Å². The third-order valence-electron chi connectivity index (χ3n) is 12.7. The zero-order valence-corrected chi connectivity index (χ0v) is 42.2. The van der Waals surface area contributed by atoms with E-state index in [4.69, 9.17) is 53.4 Å². The summed E-state index contributed by atoms with van der Waals surface area (Å²) in [5.74, 6) is -1.78. The smallest absolute Gasteiger partial charge is 0.489 e. The molecule has 0 heterocycles. The maximum atomic E-state index is 13.2. The molecule has 396 valence electrons. The van der Waals surface area contributed by atoms with Crippen LogP contribution in [-0.4, -0.2) is 96.5 Å². The minimum absolute atomic E-state index is 0.0916. The Morgan fingerprint density at radius 2 is 1.19 bits per heavy atom. The van der Waals surface area contributed by atoms with Gasteiger partial charge in [-0.15, -0.1) is 0 Å². The number of hydrogen-bond donors (Lipinski definition) is 12. The second kappa shape index (κ2) is 30.0. The second-order valence-corrected chi connectivity index (χ2v) is 18.4. The standard InChI is InChI=1S/C21H14O3.C9H11NO3.C9H11N.C8H9BO3.C8H17N.C3H7NO3/c22-17-11-9-13-5-1-3-7-15(13)19(17)21(24)20-16-8-4-2-6-14(16)10-12-18(20)23;10-8(9(12)13)5-6-1-3-7(11)4-2-6;10-9-6-5-7-3-1-2-4-8(7)9;1-6-2-3-8(9(11)12)7(4-6)5-10;1-7(9)8-5-3-2-4-6-8;4-2(1-5)3(6)7/h1-12,22-23H;1-4,8,11H,5,10H2,(H,12,13);1-4,9H,5-6,10H2;2-5,11-12H,1H3;7-8H,2-6,9H2,1H3;2,5H,1,4H2,(H,6,7)/t;8-;9-;;7-;2-/m.01.00/s1. The normalized spacial score (nSPS) is 14.6. The van der Waals surface area contributed by atoms with E-state index in [1.807, 2.05) is 43.3 Å². The highest BCUT2D eigenvalue weighted by Gasteiger charge is 2.23. The summed E-state index contributed by atoms with van der Waals surface area (Å²) >= 11 is 0. The molecule has 0 bridgehead atoms. The summed E-state index contributed by atoms with van der Waals surface area (Å²) in [4.78, 5) is 43.7. The Hall–Kier alpha value is -7.48. The molecule has 4 atom stereocenters. The van der Waals surface area contributed by atoms with Crippen LogP contribution in [0, 0.1) is 12.8 Å². The van der Waals surface area contributed by atoms with Crippen LogP contribution in [0.25, 0.3) is 21.5 Å². The van der Waals surface area contributed by atoms with Crippen LogP contribution in [0.2, 0.25) is 0 Å². The van der Waals surface area contributed by atoms with Gasteiger partial charge in [-0.1, -0.05) is 134 Å². The molecule has 16 nitrogen and oxygen atoms in total. The number of benzene rings is 7. The first kappa shape index (κ1) is 60.1. The van der Waals surface area contributed by atoms with Crippen molar-refractivity contribution < 1.29 is 59.9 Å². The van der Waals surface area contributed by atoms with Crippen LogP contribution in [0.15, 0.2) is 140 Å². The maximum Gasteiger partial charge on any atom is 0.489 e. The number of aliphatic carboxylic acids is 2. The van der Waals surface area contributed by atoms with Gasteiger partial charge in [0.05, 0.1) is 17.7 Å². The topological polar surface area (TPSA) is 334 Å². The van der Waals surface area contributed by atoms with E-state index in [9.17, 15) is 29.4 Å². The molecule has 0 unspecified atom stereocenters. The van der Waals surface area contributed by atoms with Crippen molar-refractivity contribution in [3.8, 4) is 17.2 Å². The van der Waals surface area contributed by atoms with Crippen molar-refractivity contribution in [1.82, 2.24) is 0 Å². The molecular formula is C58H69BN4O12. The quantitative estimate of drug-likeness (QED) is 0.0400. The van der Waals surface area contributed by atoms with Crippen molar-refractivity contribution in [1.29, 1.82) is 0 Å². The maximum absolute atomic E-state index is 13.2. The number of ketones is 1. The number of aliphatic hydroxyl groups excluding tert-OH is 1. The number of rotatable bonds is 10. The number of nitrogens with two attached hydrogens (primary N) is 4. The Labute approximate surface area is 437 Å². The van der Waals surface area contributed by atoms with E-state index in [1.165, 1.54) is 73.6 Å². The van der Waals surface area contributed by atoms with E-state index in [2.05, 4.69) is 31.2 Å². The summed E-state index contributed by atoms with van der Waals surface area (Å²) in [5.41, 5.74) is 27.2. The molecule has 7 aromatic carbocycles. The molecule has 1 fully saturated rings. The molecule has 0 radical (unpaired) electrons. The van der Waals surface area contributed by atoms with Crippen LogP contribution < -0.4 is 28.4 Å². The molecule has 75 heavy (non-hydrogen) atoms. The molecule has 2 aliphatic rings. The lowest BCUT2D eigenvalue weighted by Gasteiger charge is -2.24. The van der Waals surface area contributed by atoms with Gasteiger partial charge in [-0.2, -0.15) is 0 Å². The van der Waals surface area contributed by atoms with Crippen molar-refractivity contribution in [2.45, 2.75) is 89.4 Å². The highest BCUT2D eigenvalue weighted by Crippen LogP contribution is 2.35. The summed E-state index contributed by atoms with van der Waals surface area (Å²) in [6.07, 6.45) is 10.2. The van der Waals surface area contributed by atoms with E-state index < -0.39 is 43.5 Å². The van der Waals surface area contributed by atoms with E-state index in [0.717, 1.165) is 40.7 Å². The Morgan fingerprint density at radius 1 is 0.667 bits per heavy atom. The fourth-order valence-electron chi connectivity index (χ4n) is 8.46. The lowest BCUT2D eigenvalue weighted by molar-refractivity contribution is -0.140. The number of hydrogen-bond acceptors (Lipinski definition) is 14. The lowest BCUT2D eigenvalue weighted by atomic mass is 9.77. The van der Waals surface area contributed by atoms with Gasteiger partial charge in [-0.25, -0.2) is 0 Å². The van der Waals surface area contributed by atoms with Gasteiger partial charge in [0.1, 0.15) is 35.6 Å². The fourth-order valence-corrected chi connectivity index (χ4v) is 8.46. The Morgan fingerprint density at radius 3 is 1.64 bits per heavy atom. The Balaban J connectivity index is 0.000000206. The van der Waals surface area contributed by atoms with Crippen molar-refractivity contribution >= 4 is 58.1 Å². The number of carboxylic acid groups (broad SMARTS) is 2. The van der Waals surface area contributed by atoms with Gasteiger partial charge < -0.3 is 63.6 Å². The van der Waals surface area contributed by atoms with Gasteiger partial charge in [-0.3, -0.25) is 19.2 Å². The van der Waals surface area contributed by atoms with E-state index in [0.29, 0.717) is 34.7 Å². The number of fused-ring (bicyclic) bond motifs is 3. The average molecular weight is 1030 g/mol. The number of carbonyl (C=O) groups excluding carboxylic acids is 2. The molecule has 0 aromatic heterocycles. The number of aldehydes is 1.